The van der Waals surface area contributed by atoms with Gasteiger partial charge in [-0.05, 0) is 25.7 Å². The van der Waals surface area contributed by atoms with E-state index < -0.39 is 31.0 Å². The molecule has 11 heteroatoms. The van der Waals surface area contributed by atoms with E-state index >= 15 is 0 Å². The predicted molar refractivity (Wildman–Crippen MR) is 121 cm³/mol. The van der Waals surface area contributed by atoms with Crippen LogP contribution in [0.5, 0.6) is 0 Å². The van der Waals surface area contributed by atoms with Crippen LogP contribution >= 0.6 is 31.0 Å². The Labute approximate surface area is 169 Å². The van der Waals surface area contributed by atoms with E-state index in [1.807, 2.05) is 27.2 Å². The number of rotatable bonds is 5. The molecule has 0 bridgehead atoms. The van der Waals surface area contributed by atoms with E-state index in [9.17, 15) is 9.13 Å². The van der Waals surface area contributed by atoms with Gasteiger partial charge in [-0.15, -0.1) is 0 Å². The van der Waals surface area contributed by atoms with Crippen molar-refractivity contribution in [3.63, 3.8) is 0 Å². The normalized spacial score (nSPS) is 14.1. The third-order valence-electron chi connectivity index (χ3n) is 2.49. The van der Waals surface area contributed by atoms with E-state index in [0.29, 0.717) is 18.5 Å². The average molecular weight is 457 g/mol. The van der Waals surface area contributed by atoms with Crippen LogP contribution in [0.3, 0.4) is 0 Å². The van der Waals surface area contributed by atoms with Crippen LogP contribution in [0.1, 0.15) is 42.0 Å². The van der Waals surface area contributed by atoms with Gasteiger partial charge in [-0.3, -0.25) is 9.13 Å². The zero-order valence-electron chi connectivity index (χ0n) is 16.5. The van der Waals surface area contributed by atoms with E-state index in [4.69, 9.17) is 19.6 Å². The number of hydrogen-bond acceptors (Lipinski definition) is 4. The molecule has 0 fully saturated rings. The Morgan fingerprint density at radius 3 is 0.920 bits per heavy atom. The van der Waals surface area contributed by atoms with Gasteiger partial charge in [-0.25, -0.2) is 0 Å². The molecule has 0 aromatic carbocycles. The van der Waals surface area contributed by atoms with Crippen molar-refractivity contribution in [3.05, 3.63) is 0 Å². The fourth-order valence-corrected chi connectivity index (χ4v) is 0.671. The minimum atomic E-state index is -2.65. The third kappa shape index (κ3) is 66.8. The minimum Gasteiger partial charge on any atom is -0.374 e. The zero-order chi connectivity index (χ0) is 19.7. The minimum absolute atomic E-state index is 0. The quantitative estimate of drug-likeness (QED) is 0.357. The van der Waals surface area contributed by atoms with E-state index in [1.54, 1.807) is 20.8 Å². The standard InChI is InChI=1S/C4H11O2P.C3H9O2P.2C3H9OP.CH4.Al/c1-3-7(5,6)4-2;1-3-6(2,4)5;2*1-3-5(2)4;;/h3-4H2,1-2H3,(H,5,6);3H2,1-2H3,(H,4,5);2*4H,3H2,1-2H3;1H4;/q;;;;;+3. The molecule has 0 aliphatic rings. The molecule has 0 aliphatic heterocycles. The molecule has 0 rings (SSSR count). The Morgan fingerprint density at radius 1 is 0.760 bits per heavy atom. The molecule has 154 valence electrons. The molecule has 0 amide bonds. The summed E-state index contributed by atoms with van der Waals surface area (Å²) in [5.74, 6) is 0. The third-order valence-corrected chi connectivity index (χ3v) is 7.47. The maximum atomic E-state index is 10.5. The van der Waals surface area contributed by atoms with E-state index in [1.165, 1.54) is 6.66 Å². The molecule has 25 heavy (non-hydrogen) atoms. The first-order valence-corrected chi connectivity index (χ1v) is 15.8. The molecule has 0 saturated carbocycles. The molecule has 0 aliphatic carbocycles. The SMILES string of the molecule is C.CCP(=O)(O)CC.CCP(C)(=O)O.CCP(C)O.CCP(C)O.[Al+3]. The Bertz CT molecular complexity index is 308. The van der Waals surface area contributed by atoms with Gasteiger partial charge in [-0.2, -0.15) is 0 Å². The van der Waals surface area contributed by atoms with Crippen LogP contribution in [0.15, 0.2) is 0 Å². The summed E-state index contributed by atoms with van der Waals surface area (Å²) < 4.78 is 20.6. The first-order chi connectivity index (χ1) is 10.2. The topological polar surface area (TPSA) is 115 Å². The Balaban J connectivity index is -0.0000000473. The van der Waals surface area contributed by atoms with Gasteiger partial charge in [0.2, 0.25) is 0 Å². The predicted octanol–water partition coefficient (Wildman–Crippen LogP) is 4.51. The van der Waals surface area contributed by atoms with Crippen LogP contribution in [-0.2, 0) is 9.13 Å². The van der Waals surface area contributed by atoms with E-state index in [0.717, 1.165) is 12.3 Å². The molecule has 6 nitrogen and oxygen atoms in total. The second kappa shape index (κ2) is 25.7. The molecular weight excluding hydrogens is 415 g/mol. The van der Waals surface area contributed by atoms with Gasteiger partial charge in [0.25, 0.3) is 0 Å². The van der Waals surface area contributed by atoms with Gasteiger partial charge < -0.3 is 19.6 Å². The molecule has 0 spiro atoms. The molecule has 3 atom stereocenters. The van der Waals surface area contributed by atoms with Crippen LogP contribution in [-0.4, -0.2) is 87.7 Å². The van der Waals surface area contributed by atoms with Crippen LogP contribution < -0.4 is 0 Å². The molecule has 4 N–H and O–H groups in total. The van der Waals surface area contributed by atoms with Gasteiger partial charge in [0.1, 0.15) is 0 Å². The second-order valence-corrected chi connectivity index (χ2v) is 14.4. The van der Waals surface area contributed by atoms with Gasteiger partial charge in [0, 0.05) is 41.4 Å². The van der Waals surface area contributed by atoms with Crippen LogP contribution in [0.25, 0.3) is 0 Å². The molecule has 0 aromatic rings. The fraction of sp³-hybridized carbons (Fsp3) is 1.00. The number of hydrogen-bond donors (Lipinski definition) is 4. The largest absolute Gasteiger partial charge is 3.00 e. The summed E-state index contributed by atoms with van der Waals surface area (Å²) in [4.78, 5) is 33.9. The van der Waals surface area contributed by atoms with Crippen molar-refractivity contribution in [2.75, 3.05) is 50.8 Å². The maximum Gasteiger partial charge on any atom is 3.00 e. The van der Waals surface area contributed by atoms with E-state index in [-0.39, 0.29) is 24.8 Å². The van der Waals surface area contributed by atoms with Gasteiger partial charge in [0.05, 0.1) is 0 Å². The summed E-state index contributed by atoms with van der Waals surface area (Å²) in [7, 11) is -6.50. The van der Waals surface area contributed by atoms with Crippen molar-refractivity contribution < 1.29 is 28.7 Å². The van der Waals surface area contributed by atoms with Crippen LogP contribution in [0.2, 0.25) is 0 Å². The monoisotopic (exact) mass is 457 g/mol. The Kier molecular flexibility index (Phi) is 42.3. The van der Waals surface area contributed by atoms with Crippen LogP contribution in [0, 0.1) is 0 Å². The van der Waals surface area contributed by atoms with E-state index in [2.05, 4.69) is 0 Å². The summed E-state index contributed by atoms with van der Waals surface area (Å²) >= 11 is 0. The van der Waals surface area contributed by atoms with Crippen molar-refractivity contribution in [3.8, 4) is 0 Å². The maximum absolute atomic E-state index is 10.5. The Hall–Kier alpha value is 1.69. The summed E-state index contributed by atoms with van der Waals surface area (Å²) in [5.41, 5.74) is 0. The molecule has 0 radical (unpaired) electrons. The first kappa shape index (κ1) is 41.2. The Morgan fingerprint density at radius 2 is 0.920 bits per heavy atom. The average Bonchev–Trinajstić information content (AvgIpc) is 2.48. The van der Waals surface area contributed by atoms with Crippen LogP contribution in [0.4, 0.5) is 0 Å². The van der Waals surface area contributed by atoms with Gasteiger partial charge in [-0.1, -0.05) is 42.0 Å². The van der Waals surface area contributed by atoms with Gasteiger partial charge >= 0.3 is 17.4 Å². The van der Waals surface area contributed by atoms with Crippen molar-refractivity contribution in [1.82, 2.24) is 0 Å². The zero-order valence-corrected chi connectivity index (χ0v) is 21.2. The van der Waals surface area contributed by atoms with Crippen molar-refractivity contribution in [1.29, 1.82) is 0 Å². The molecule has 3 unspecified atom stereocenters. The molecule has 0 heterocycles. The summed E-state index contributed by atoms with van der Waals surface area (Å²) in [6.45, 7) is 14.1. The van der Waals surface area contributed by atoms with Gasteiger partial charge in [0.15, 0.2) is 14.7 Å². The fourth-order valence-electron chi connectivity index (χ4n) is 0.224. The molecular formula is C14H42AlO6P4+3. The van der Waals surface area contributed by atoms with Crippen molar-refractivity contribution in [2.24, 2.45) is 0 Å². The van der Waals surface area contributed by atoms with Crippen molar-refractivity contribution >= 4 is 48.4 Å². The molecule has 0 aromatic heterocycles. The smallest absolute Gasteiger partial charge is 0.374 e. The first-order valence-electron chi connectivity index (χ1n) is 7.62. The van der Waals surface area contributed by atoms with Crippen molar-refractivity contribution in [2.45, 2.75) is 42.0 Å². The summed E-state index contributed by atoms with van der Waals surface area (Å²) in [6.07, 6.45) is 3.05. The molecule has 0 saturated heterocycles. The summed E-state index contributed by atoms with van der Waals surface area (Å²) in [5, 5.41) is 0. The second-order valence-electron chi connectivity index (χ2n) is 4.79. The summed E-state index contributed by atoms with van der Waals surface area (Å²) in [6, 6.07) is 0.